The maximum atomic E-state index is 14.8. The Morgan fingerprint density at radius 3 is 2.24 bits per heavy atom. The van der Waals surface area contributed by atoms with E-state index in [0.29, 0.717) is 42.9 Å². The number of hydrogen-bond donors (Lipinski definition) is 3. The van der Waals surface area contributed by atoms with Crippen LogP contribution in [0.2, 0.25) is 0 Å². The van der Waals surface area contributed by atoms with E-state index in [-0.39, 0.29) is 39.8 Å². The molecule has 1 aromatic carbocycles. The van der Waals surface area contributed by atoms with Crippen molar-refractivity contribution >= 4 is 51.7 Å². The quantitative estimate of drug-likeness (QED) is 0.174. The lowest BCUT2D eigenvalue weighted by atomic mass is 9.89. The van der Waals surface area contributed by atoms with Crippen molar-refractivity contribution in [2.75, 3.05) is 13.1 Å². The van der Waals surface area contributed by atoms with Crippen molar-refractivity contribution < 1.29 is 55.3 Å². The van der Waals surface area contributed by atoms with Crippen LogP contribution in [0.5, 0.6) is 0 Å². The number of benzene rings is 1. The number of aliphatic carboxylic acids is 1. The maximum absolute atomic E-state index is 14.8. The molecule has 2 atom stereocenters. The van der Waals surface area contributed by atoms with Crippen LogP contribution in [0.15, 0.2) is 18.2 Å². The molecule has 232 valence electrons. The Morgan fingerprint density at radius 1 is 1.17 bits per heavy atom. The number of alkyl halides is 8. The number of halogens is 8. The van der Waals surface area contributed by atoms with Gasteiger partial charge in [-0.2, -0.15) is 26.3 Å². The Kier molecular flexibility index (Phi) is 9.59. The fourth-order valence-electron chi connectivity index (χ4n) is 4.23. The average Bonchev–Trinajstić information content (AvgIpc) is 3.51. The number of likely N-dealkylation sites (tertiary alicyclic amines) is 1. The number of rotatable bonds is 8. The van der Waals surface area contributed by atoms with Gasteiger partial charge in [-0.15, -0.1) is 11.3 Å². The first-order chi connectivity index (χ1) is 19.1. The summed E-state index contributed by atoms with van der Waals surface area (Å²) in [6, 6.07) is 0.982. The molecule has 1 unspecified atom stereocenters. The van der Waals surface area contributed by atoms with Crippen molar-refractivity contribution in [2.24, 2.45) is 5.41 Å². The predicted molar refractivity (Wildman–Crippen MR) is 145 cm³/mol. The summed E-state index contributed by atoms with van der Waals surface area (Å²) in [5.74, 6) is -2.82. The van der Waals surface area contributed by atoms with Crippen molar-refractivity contribution in [3.8, 4) is 10.4 Å². The maximum Gasteiger partial charge on any atom is 0.430 e. The van der Waals surface area contributed by atoms with Crippen molar-refractivity contribution in [1.82, 2.24) is 15.2 Å². The van der Waals surface area contributed by atoms with Gasteiger partial charge in [0, 0.05) is 35.8 Å². The number of aliphatic hydroxyl groups is 1. The highest BCUT2D eigenvalue weighted by molar-refractivity contribution is 14.1. The largest absolute Gasteiger partial charge is 0.481 e. The predicted octanol–water partition coefficient (Wildman–Crippen LogP) is 5.99. The van der Waals surface area contributed by atoms with E-state index < -0.39 is 56.5 Å². The minimum atomic E-state index is -6.21. The summed E-state index contributed by atoms with van der Waals surface area (Å²) in [5, 5.41) is 21.1. The van der Waals surface area contributed by atoms with E-state index in [9.17, 15) is 55.3 Å². The fourth-order valence-corrected chi connectivity index (χ4v) is 5.77. The van der Waals surface area contributed by atoms with E-state index in [2.05, 4.69) is 10.3 Å². The van der Waals surface area contributed by atoms with Gasteiger partial charge in [-0.1, -0.05) is 12.1 Å². The molecule has 1 aromatic heterocycles. The SMILES string of the molecule is C[C@H]1CCCN1C(=O)c1nc(C(=O)NCC(C)(C)C(=O)O)sc1-c1ccc(C(O)(C(F)(F)F)C(F)(F)F)cc1C(F)I. The summed E-state index contributed by atoms with van der Waals surface area (Å²) in [4.78, 5) is 43.1. The van der Waals surface area contributed by atoms with Crippen molar-refractivity contribution in [3.63, 3.8) is 0 Å². The van der Waals surface area contributed by atoms with Crippen LogP contribution >= 0.6 is 33.9 Å². The Morgan fingerprint density at radius 2 is 1.76 bits per heavy atom. The van der Waals surface area contributed by atoms with Crippen LogP contribution in [0.25, 0.3) is 10.4 Å². The van der Waals surface area contributed by atoms with Crippen molar-refractivity contribution in [1.29, 1.82) is 0 Å². The lowest BCUT2D eigenvalue weighted by molar-refractivity contribution is -0.376. The molecule has 0 aliphatic carbocycles. The number of carboxylic acids is 1. The zero-order chi connectivity index (χ0) is 32.0. The van der Waals surface area contributed by atoms with Gasteiger partial charge in [-0.25, -0.2) is 9.37 Å². The Balaban J connectivity index is 2.20. The number of amides is 2. The lowest BCUT2D eigenvalue weighted by Gasteiger charge is -2.33. The number of carbonyl (C=O) groups excluding carboxylic acids is 2. The van der Waals surface area contributed by atoms with E-state index in [1.54, 1.807) is 6.92 Å². The number of nitrogens with zero attached hydrogens (tertiary/aromatic N) is 2. The van der Waals surface area contributed by atoms with Crippen LogP contribution in [0.1, 0.15) is 69.2 Å². The number of carboxylic acid groups (broad SMARTS) is 1. The van der Waals surface area contributed by atoms with E-state index in [0.717, 1.165) is 22.6 Å². The van der Waals surface area contributed by atoms with Gasteiger partial charge in [-0.05, 0) is 62.3 Å². The van der Waals surface area contributed by atoms with Crippen molar-refractivity contribution in [3.05, 3.63) is 40.0 Å². The highest BCUT2D eigenvalue weighted by Gasteiger charge is 2.71. The van der Waals surface area contributed by atoms with Crippen LogP contribution < -0.4 is 5.32 Å². The average molecular weight is 739 g/mol. The first-order valence-corrected chi connectivity index (χ1v) is 14.3. The zero-order valence-corrected chi connectivity index (χ0v) is 25.1. The zero-order valence-electron chi connectivity index (χ0n) is 22.2. The van der Waals surface area contributed by atoms with Gasteiger partial charge in [0.05, 0.1) is 10.3 Å². The van der Waals surface area contributed by atoms with E-state index in [1.807, 2.05) is 0 Å². The summed E-state index contributed by atoms with van der Waals surface area (Å²) in [6.07, 6.45) is -11.2. The Hall–Kier alpha value is -2.54. The molecular weight excluding hydrogens is 714 g/mol. The van der Waals surface area contributed by atoms with E-state index in [4.69, 9.17) is 0 Å². The fraction of sp³-hybridized carbons (Fsp3) is 0.520. The summed E-state index contributed by atoms with van der Waals surface area (Å²) in [6.45, 7) is 4.38. The van der Waals surface area contributed by atoms with Gasteiger partial charge in [0.2, 0.25) is 0 Å². The molecule has 17 heteroatoms. The van der Waals surface area contributed by atoms with Crippen LogP contribution in [-0.4, -0.2) is 69.4 Å². The van der Waals surface area contributed by atoms with Crippen LogP contribution in [0.3, 0.4) is 0 Å². The standard InChI is InChI=1S/C25H25F7IN3O5S/c1-11-5-4-8-36(11)20(38)15-16(42-19(35-15)18(37)34-10-22(2,3)21(39)40)13-7-6-12(9-14(13)17(26)33)23(41,24(27,28)29)25(30,31)32/h6-7,9,11,17,41H,4-5,8,10H2,1-3H3,(H,34,37)(H,39,40)/t11-,17?/m0/s1. The molecule has 8 nitrogen and oxygen atoms in total. The molecule has 0 saturated carbocycles. The smallest absolute Gasteiger partial charge is 0.430 e. The first kappa shape index (κ1) is 34.0. The molecule has 1 aliphatic heterocycles. The van der Waals surface area contributed by atoms with Gasteiger partial charge in [0.1, 0.15) is 5.69 Å². The Labute approximate surface area is 252 Å². The monoisotopic (exact) mass is 739 g/mol. The molecule has 3 N–H and O–H groups in total. The first-order valence-electron chi connectivity index (χ1n) is 12.3. The summed E-state index contributed by atoms with van der Waals surface area (Å²) in [7, 11) is 0. The molecule has 0 spiro atoms. The van der Waals surface area contributed by atoms with Gasteiger partial charge in [0.25, 0.3) is 17.4 Å². The van der Waals surface area contributed by atoms with Gasteiger partial charge < -0.3 is 20.4 Å². The summed E-state index contributed by atoms with van der Waals surface area (Å²) < 4.78 is 93.7. The minimum absolute atomic E-state index is 0.204. The number of thiazole rings is 1. The molecular formula is C25H25F7IN3O5S. The lowest BCUT2D eigenvalue weighted by Crippen LogP contribution is -2.54. The highest BCUT2D eigenvalue weighted by Crippen LogP contribution is 2.51. The molecule has 3 rings (SSSR count). The van der Waals surface area contributed by atoms with Crippen molar-refractivity contribution in [2.45, 2.75) is 61.8 Å². The summed E-state index contributed by atoms with van der Waals surface area (Å²) >= 11 is 1.64. The second kappa shape index (κ2) is 11.9. The molecule has 0 bridgehead atoms. The molecule has 1 saturated heterocycles. The number of carbonyl (C=O) groups is 3. The number of hydrogen-bond acceptors (Lipinski definition) is 6. The molecule has 2 heterocycles. The second-order valence-electron chi connectivity index (χ2n) is 10.4. The third-order valence-corrected chi connectivity index (χ3v) is 8.64. The Bertz CT molecular complexity index is 1360. The van der Waals surface area contributed by atoms with Gasteiger partial charge in [-0.3, -0.25) is 14.4 Å². The van der Waals surface area contributed by atoms with Crippen LogP contribution in [0.4, 0.5) is 30.7 Å². The third-order valence-electron chi connectivity index (χ3n) is 6.88. The molecule has 2 aromatic rings. The molecule has 42 heavy (non-hydrogen) atoms. The van der Waals surface area contributed by atoms with Crippen LogP contribution in [-0.2, 0) is 10.4 Å². The molecule has 1 fully saturated rings. The minimum Gasteiger partial charge on any atom is -0.481 e. The second-order valence-corrected chi connectivity index (χ2v) is 12.5. The number of nitrogens with one attached hydrogen (secondary N) is 1. The topological polar surface area (TPSA) is 120 Å². The third kappa shape index (κ3) is 6.36. The summed E-state index contributed by atoms with van der Waals surface area (Å²) in [5.41, 5.74) is -9.84. The molecule has 1 aliphatic rings. The highest BCUT2D eigenvalue weighted by atomic mass is 127. The van der Waals surface area contributed by atoms with E-state index >= 15 is 0 Å². The number of aromatic nitrogens is 1. The van der Waals surface area contributed by atoms with Crippen LogP contribution in [0, 0.1) is 5.41 Å². The van der Waals surface area contributed by atoms with Gasteiger partial charge >= 0.3 is 18.3 Å². The van der Waals surface area contributed by atoms with E-state index in [1.165, 1.54) is 18.7 Å². The normalized spacial score (nSPS) is 17.3. The molecule has 2 amide bonds. The van der Waals surface area contributed by atoms with Gasteiger partial charge in [0.15, 0.2) is 9.19 Å². The molecule has 0 radical (unpaired) electrons.